The summed E-state index contributed by atoms with van der Waals surface area (Å²) in [6.45, 7) is 18.4. The van der Waals surface area contributed by atoms with Crippen LogP contribution in [-0.4, -0.2) is 41.9 Å². The Morgan fingerprint density at radius 3 is 2.03 bits per heavy atom. The molecular formula is C22H36N2O4Si. The summed E-state index contributed by atoms with van der Waals surface area (Å²) in [6.07, 6.45) is 0.306. The number of amides is 2. The molecule has 29 heavy (non-hydrogen) atoms. The first-order chi connectivity index (χ1) is 13.3. The summed E-state index contributed by atoms with van der Waals surface area (Å²) >= 11 is 0. The first-order valence-corrected chi connectivity index (χ1v) is 12.6. The molecule has 1 aliphatic rings. The highest BCUT2D eigenvalue weighted by molar-refractivity contribution is 6.77. The number of carbonyl (C=O) groups is 2. The van der Waals surface area contributed by atoms with Gasteiger partial charge in [-0.05, 0) is 49.5 Å². The highest BCUT2D eigenvalue weighted by Gasteiger charge is 2.59. The summed E-state index contributed by atoms with van der Waals surface area (Å²) in [4.78, 5) is 31.4. The molecule has 2 atom stereocenters. The average molecular weight is 421 g/mol. The molecule has 0 N–H and O–H groups in total. The number of aromatic nitrogens is 1. The number of pyridine rings is 1. The van der Waals surface area contributed by atoms with E-state index in [1.807, 2.05) is 18.2 Å². The van der Waals surface area contributed by atoms with Crippen LogP contribution in [0.25, 0.3) is 0 Å². The lowest BCUT2D eigenvalue weighted by molar-refractivity contribution is -0.163. The van der Waals surface area contributed by atoms with Crippen LogP contribution in [0.3, 0.4) is 0 Å². The molecule has 7 heteroatoms. The number of rotatable bonds is 6. The van der Waals surface area contributed by atoms with E-state index in [9.17, 15) is 9.59 Å². The normalized spacial score (nSPS) is 20.4. The van der Waals surface area contributed by atoms with E-state index in [1.165, 1.54) is 4.90 Å². The van der Waals surface area contributed by atoms with Crippen molar-refractivity contribution >= 4 is 20.3 Å². The molecule has 0 saturated carbocycles. The van der Waals surface area contributed by atoms with E-state index in [0.717, 1.165) is 0 Å². The van der Waals surface area contributed by atoms with Crippen molar-refractivity contribution in [2.45, 2.75) is 96.7 Å². The minimum atomic E-state index is -2.32. The van der Waals surface area contributed by atoms with Crippen LogP contribution in [0, 0.1) is 0 Å². The molecule has 1 fully saturated rings. The molecule has 0 unspecified atom stereocenters. The summed E-state index contributed by atoms with van der Waals surface area (Å²) in [7, 11) is -2.32. The number of likely N-dealkylation sites (tertiary alicyclic amines) is 1. The Bertz CT molecular complexity index is 706. The van der Waals surface area contributed by atoms with Crippen LogP contribution >= 0.6 is 0 Å². The quantitative estimate of drug-likeness (QED) is 0.451. The summed E-state index contributed by atoms with van der Waals surface area (Å²) in [5.41, 5.74) is 0.937. The number of imide groups is 1. The SMILES string of the molecule is CC(C)[Si](O[C@H]1C(=O)N(C(=O)OC(C)(C)C)[C@H]1c1ccccn1)(C(C)C)C(C)C. The van der Waals surface area contributed by atoms with Gasteiger partial charge in [0.05, 0.1) is 5.69 Å². The van der Waals surface area contributed by atoms with E-state index in [2.05, 4.69) is 46.5 Å². The first-order valence-electron chi connectivity index (χ1n) is 10.5. The maximum atomic E-state index is 13.1. The van der Waals surface area contributed by atoms with E-state index in [1.54, 1.807) is 27.0 Å². The zero-order valence-corrected chi connectivity index (χ0v) is 20.2. The van der Waals surface area contributed by atoms with Gasteiger partial charge < -0.3 is 9.16 Å². The van der Waals surface area contributed by atoms with Crippen LogP contribution in [0.15, 0.2) is 24.4 Å². The Morgan fingerprint density at radius 1 is 1.07 bits per heavy atom. The van der Waals surface area contributed by atoms with Gasteiger partial charge in [-0.1, -0.05) is 47.6 Å². The average Bonchev–Trinajstić information content (AvgIpc) is 2.58. The molecule has 6 nitrogen and oxygen atoms in total. The van der Waals surface area contributed by atoms with Gasteiger partial charge >= 0.3 is 6.09 Å². The third kappa shape index (κ3) is 4.56. The van der Waals surface area contributed by atoms with Crippen molar-refractivity contribution in [1.82, 2.24) is 9.88 Å². The predicted molar refractivity (Wildman–Crippen MR) is 116 cm³/mol. The maximum absolute atomic E-state index is 13.1. The Kier molecular flexibility index (Phi) is 6.95. The Labute approximate surface area is 176 Å². The van der Waals surface area contributed by atoms with Crippen molar-refractivity contribution in [3.63, 3.8) is 0 Å². The van der Waals surface area contributed by atoms with Crippen molar-refractivity contribution in [2.24, 2.45) is 0 Å². The van der Waals surface area contributed by atoms with Gasteiger partial charge in [0, 0.05) is 6.20 Å². The van der Waals surface area contributed by atoms with Gasteiger partial charge in [-0.2, -0.15) is 0 Å². The van der Waals surface area contributed by atoms with Gasteiger partial charge in [-0.3, -0.25) is 9.78 Å². The number of carbonyl (C=O) groups excluding carboxylic acids is 2. The van der Waals surface area contributed by atoms with Crippen molar-refractivity contribution in [3.8, 4) is 0 Å². The lowest BCUT2D eigenvalue weighted by Gasteiger charge is -2.51. The predicted octanol–water partition coefficient (Wildman–Crippen LogP) is 5.46. The van der Waals surface area contributed by atoms with Crippen LogP contribution < -0.4 is 0 Å². The summed E-state index contributed by atoms with van der Waals surface area (Å²) in [6, 6.07) is 4.93. The third-order valence-electron chi connectivity index (χ3n) is 5.66. The van der Waals surface area contributed by atoms with Gasteiger partial charge in [0.15, 0.2) is 6.10 Å². The van der Waals surface area contributed by atoms with E-state index >= 15 is 0 Å². The molecule has 2 rings (SSSR count). The van der Waals surface area contributed by atoms with E-state index in [-0.39, 0.29) is 5.91 Å². The molecular weight excluding hydrogens is 384 g/mol. The first kappa shape index (κ1) is 23.5. The van der Waals surface area contributed by atoms with Crippen molar-refractivity contribution in [1.29, 1.82) is 0 Å². The second-order valence-electron chi connectivity index (χ2n) is 9.74. The molecule has 2 heterocycles. The van der Waals surface area contributed by atoms with Gasteiger partial charge in [0.2, 0.25) is 8.32 Å². The zero-order valence-electron chi connectivity index (χ0n) is 19.2. The summed E-state index contributed by atoms with van der Waals surface area (Å²) < 4.78 is 12.2. The Hall–Kier alpha value is -1.73. The lowest BCUT2D eigenvalue weighted by Crippen LogP contribution is -2.66. The van der Waals surface area contributed by atoms with Crippen LogP contribution in [0.2, 0.25) is 16.6 Å². The molecule has 1 aromatic rings. The smallest absolute Gasteiger partial charge is 0.417 e. The highest BCUT2D eigenvalue weighted by atomic mass is 28.4. The molecule has 1 aliphatic heterocycles. The standard InChI is InChI=1S/C22H36N2O4Si/c1-14(2)29(15(3)4,16(5)6)28-19-18(17-12-10-11-13-23-17)24(20(19)25)21(26)27-22(7,8)9/h10-16,18-19H,1-9H3/t18-,19+/m0/s1. The van der Waals surface area contributed by atoms with E-state index in [0.29, 0.717) is 22.3 Å². The molecule has 1 saturated heterocycles. The molecule has 0 bridgehead atoms. The molecule has 0 aromatic carbocycles. The lowest BCUT2D eigenvalue weighted by atomic mass is 9.95. The number of hydrogen-bond acceptors (Lipinski definition) is 5. The van der Waals surface area contributed by atoms with Crippen LogP contribution in [0.1, 0.15) is 74.0 Å². The van der Waals surface area contributed by atoms with Crippen molar-refractivity contribution in [3.05, 3.63) is 30.1 Å². The van der Waals surface area contributed by atoms with Gasteiger partial charge in [0.25, 0.3) is 5.91 Å². The topological polar surface area (TPSA) is 68.7 Å². The number of hydrogen-bond donors (Lipinski definition) is 0. The second-order valence-corrected chi connectivity index (χ2v) is 15.2. The minimum absolute atomic E-state index is 0.329. The second kappa shape index (κ2) is 8.56. The fourth-order valence-corrected chi connectivity index (χ4v) is 10.0. The van der Waals surface area contributed by atoms with Crippen LogP contribution in [0.4, 0.5) is 4.79 Å². The van der Waals surface area contributed by atoms with Crippen molar-refractivity contribution < 1.29 is 18.8 Å². The molecule has 0 spiro atoms. The maximum Gasteiger partial charge on any atom is 0.417 e. The fourth-order valence-electron chi connectivity index (χ4n) is 4.56. The minimum Gasteiger partial charge on any atom is -0.443 e. The number of nitrogens with zero attached hydrogens (tertiary/aromatic N) is 2. The molecule has 0 radical (unpaired) electrons. The highest BCUT2D eigenvalue weighted by Crippen LogP contribution is 2.47. The monoisotopic (exact) mass is 420 g/mol. The van der Waals surface area contributed by atoms with Crippen LogP contribution in [0.5, 0.6) is 0 Å². The Morgan fingerprint density at radius 2 is 1.62 bits per heavy atom. The fraction of sp³-hybridized carbons (Fsp3) is 0.682. The van der Waals surface area contributed by atoms with E-state index in [4.69, 9.17) is 9.16 Å². The largest absolute Gasteiger partial charge is 0.443 e. The van der Waals surface area contributed by atoms with Crippen molar-refractivity contribution in [2.75, 3.05) is 0 Å². The molecule has 162 valence electrons. The van der Waals surface area contributed by atoms with E-state index < -0.39 is 32.2 Å². The van der Waals surface area contributed by atoms with Crippen LogP contribution in [-0.2, 0) is 14.0 Å². The summed E-state index contributed by atoms with van der Waals surface area (Å²) in [5, 5.41) is 0. The zero-order chi connectivity index (χ0) is 22.1. The van der Waals surface area contributed by atoms with Gasteiger partial charge in [-0.15, -0.1) is 0 Å². The number of β-lactam (4-membered cyclic amide) rings is 1. The molecule has 2 amide bonds. The summed E-state index contributed by atoms with van der Waals surface area (Å²) in [5.74, 6) is -0.339. The molecule has 0 aliphatic carbocycles. The van der Waals surface area contributed by atoms with Gasteiger partial charge in [0.1, 0.15) is 11.6 Å². The van der Waals surface area contributed by atoms with Gasteiger partial charge in [-0.25, -0.2) is 9.69 Å². The number of ether oxygens (including phenoxy) is 1. The Balaban J connectivity index is 2.43. The molecule has 1 aromatic heterocycles. The third-order valence-corrected chi connectivity index (χ3v) is 11.7.